The molecule has 1 unspecified atom stereocenters. The van der Waals surface area contributed by atoms with Gasteiger partial charge in [0.05, 0.1) is 0 Å². The molecule has 0 aliphatic carbocycles. The van der Waals surface area contributed by atoms with Crippen LogP contribution in [0.15, 0.2) is 0 Å². The van der Waals surface area contributed by atoms with Gasteiger partial charge < -0.3 is 0 Å². The molecule has 1 nitrogen and oxygen atoms in total. The Kier molecular flexibility index (Phi) is 46.1. The van der Waals surface area contributed by atoms with Crippen LogP contribution in [0.4, 0.5) is 0 Å². The van der Waals surface area contributed by atoms with Crippen LogP contribution in [0.1, 0.15) is 56.9 Å². The van der Waals surface area contributed by atoms with E-state index in [1.54, 1.807) is 6.92 Å². The lowest BCUT2D eigenvalue weighted by Crippen LogP contribution is -2.03. The molecular weight excluding hydrogens is 136 g/mol. The Morgan fingerprint density at radius 1 is 1.18 bits per heavy atom. The second kappa shape index (κ2) is 16.3. The molecule has 0 aliphatic heterocycles. The molecule has 0 rings (SSSR count). The smallest absolute Gasteiger partial charge is 0.132 e. The van der Waals surface area contributed by atoms with Gasteiger partial charge in [-0.25, -0.2) is 0 Å². The molecule has 0 spiro atoms. The van der Waals surface area contributed by atoms with Crippen molar-refractivity contribution in [2.45, 2.75) is 56.9 Å². The fourth-order valence-corrected chi connectivity index (χ4v) is 0.287. The van der Waals surface area contributed by atoms with Gasteiger partial charge in [0.1, 0.15) is 5.78 Å². The van der Waals surface area contributed by atoms with Gasteiger partial charge in [-0.1, -0.05) is 43.6 Å². The topological polar surface area (TPSA) is 17.1 Å². The molecule has 0 saturated carbocycles. The normalized spacial score (nSPS) is 8.64. The van der Waals surface area contributed by atoms with E-state index in [1.165, 1.54) is 0 Å². The van der Waals surface area contributed by atoms with Gasteiger partial charge in [0.2, 0.25) is 0 Å². The highest BCUT2D eigenvalue weighted by Crippen LogP contribution is 1.99. The SMILES string of the molecule is C.C.C.C.CCC(C)C(C)=O. The van der Waals surface area contributed by atoms with Crippen molar-refractivity contribution < 1.29 is 4.79 Å². The number of hydrogen-bond acceptors (Lipinski definition) is 1. The van der Waals surface area contributed by atoms with Gasteiger partial charge in [-0.05, 0) is 13.3 Å². The largest absolute Gasteiger partial charge is 0.300 e. The second-order valence-corrected chi connectivity index (χ2v) is 1.92. The van der Waals surface area contributed by atoms with Crippen molar-refractivity contribution >= 4 is 5.78 Å². The maximum atomic E-state index is 10.4. The standard InChI is InChI=1S/C6H12O.4CH4/c1-4-5(2)6(3)7;;;;/h5H,4H2,1-3H3;4*1H4. The minimum absolute atomic E-state index is 0. The van der Waals surface area contributed by atoms with Crippen molar-refractivity contribution in [1.29, 1.82) is 0 Å². The van der Waals surface area contributed by atoms with Crippen LogP contribution in [0.2, 0.25) is 0 Å². The summed E-state index contributed by atoms with van der Waals surface area (Å²) >= 11 is 0. The lowest BCUT2D eigenvalue weighted by molar-refractivity contribution is -0.120. The average molecular weight is 164 g/mol. The van der Waals surface area contributed by atoms with E-state index in [-0.39, 0.29) is 35.6 Å². The first kappa shape index (κ1) is 31.0. The van der Waals surface area contributed by atoms with Crippen LogP contribution in [-0.2, 0) is 4.79 Å². The monoisotopic (exact) mass is 164 g/mol. The third-order valence-corrected chi connectivity index (χ3v) is 1.31. The molecule has 0 N–H and O–H groups in total. The van der Waals surface area contributed by atoms with Crippen LogP contribution in [-0.4, -0.2) is 5.78 Å². The van der Waals surface area contributed by atoms with Crippen molar-refractivity contribution in [3.05, 3.63) is 0 Å². The summed E-state index contributed by atoms with van der Waals surface area (Å²) in [6, 6.07) is 0. The molecule has 0 aromatic heterocycles. The van der Waals surface area contributed by atoms with E-state index in [2.05, 4.69) is 0 Å². The zero-order chi connectivity index (χ0) is 5.86. The minimum Gasteiger partial charge on any atom is -0.300 e. The van der Waals surface area contributed by atoms with Gasteiger partial charge in [-0.3, -0.25) is 4.79 Å². The number of ketones is 1. The van der Waals surface area contributed by atoms with Crippen LogP contribution in [0, 0.1) is 5.92 Å². The van der Waals surface area contributed by atoms with Crippen LogP contribution < -0.4 is 0 Å². The van der Waals surface area contributed by atoms with Crippen molar-refractivity contribution in [2.75, 3.05) is 0 Å². The fraction of sp³-hybridized carbons (Fsp3) is 0.900. The number of carbonyl (C=O) groups excluding carboxylic acids is 1. The highest BCUT2D eigenvalue weighted by molar-refractivity contribution is 5.77. The average Bonchev–Trinajstić information content (AvgIpc) is 1.65. The van der Waals surface area contributed by atoms with Gasteiger partial charge in [0.15, 0.2) is 0 Å². The van der Waals surface area contributed by atoms with E-state index < -0.39 is 0 Å². The number of rotatable bonds is 2. The molecule has 0 aromatic carbocycles. The highest BCUT2D eigenvalue weighted by atomic mass is 16.1. The zero-order valence-corrected chi connectivity index (χ0v) is 5.19. The van der Waals surface area contributed by atoms with Gasteiger partial charge in [0, 0.05) is 5.92 Å². The van der Waals surface area contributed by atoms with E-state index in [0.717, 1.165) is 6.42 Å². The molecule has 0 amide bonds. The van der Waals surface area contributed by atoms with E-state index >= 15 is 0 Å². The minimum atomic E-state index is 0. The Hall–Kier alpha value is -0.330. The molecule has 0 fully saturated rings. The van der Waals surface area contributed by atoms with Crippen LogP contribution >= 0.6 is 0 Å². The first-order valence-corrected chi connectivity index (χ1v) is 2.69. The third kappa shape index (κ3) is 17.7. The molecule has 1 heteroatoms. The summed E-state index contributed by atoms with van der Waals surface area (Å²) in [6.07, 6.45) is 0.968. The van der Waals surface area contributed by atoms with Crippen molar-refractivity contribution in [2.24, 2.45) is 5.92 Å². The van der Waals surface area contributed by atoms with Gasteiger partial charge >= 0.3 is 0 Å². The first-order valence-electron chi connectivity index (χ1n) is 2.69. The molecule has 0 bridgehead atoms. The summed E-state index contributed by atoms with van der Waals surface area (Å²) in [5.41, 5.74) is 0. The highest BCUT2D eigenvalue weighted by Gasteiger charge is 2.01. The Labute approximate surface area is 74.2 Å². The predicted molar refractivity (Wildman–Crippen MR) is 57.1 cm³/mol. The summed E-state index contributed by atoms with van der Waals surface area (Å²) in [7, 11) is 0. The molecule has 0 radical (unpaired) electrons. The Bertz CT molecular complexity index is 67.3. The second-order valence-electron chi connectivity index (χ2n) is 1.92. The molecule has 0 aromatic rings. The lowest BCUT2D eigenvalue weighted by Gasteiger charge is -1.98. The van der Waals surface area contributed by atoms with Crippen LogP contribution in [0.25, 0.3) is 0 Å². The van der Waals surface area contributed by atoms with Crippen molar-refractivity contribution in [3.8, 4) is 0 Å². The number of hydrogen-bond donors (Lipinski definition) is 0. The third-order valence-electron chi connectivity index (χ3n) is 1.31. The molecule has 11 heavy (non-hydrogen) atoms. The number of Topliss-reactive ketones (excluding diaryl/α,β-unsaturated/α-hetero) is 1. The summed E-state index contributed by atoms with van der Waals surface area (Å²) in [6.45, 7) is 5.60. The van der Waals surface area contributed by atoms with Gasteiger partial charge in [-0.2, -0.15) is 0 Å². The van der Waals surface area contributed by atoms with Gasteiger partial charge in [0.25, 0.3) is 0 Å². The Balaban J connectivity index is -0.0000000300. The van der Waals surface area contributed by atoms with Crippen molar-refractivity contribution in [1.82, 2.24) is 0 Å². The van der Waals surface area contributed by atoms with E-state index in [4.69, 9.17) is 0 Å². The predicted octanol–water partition coefficient (Wildman–Crippen LogP) is 4.17. The van der Waals surface area contributed by atoms with Gasteiger partial charge in [-0.15, -0.1) is 0 Å². The fourth-order valence-electron chi connectivity index (χ4n) is 0.287. The first-order chi connectivity index (χ1) is 3.18. The summed E-state index contributed by atoms with van der Waals surface area (Å²) in [5, 5.41) is 0. The summed E-state index contributed by atoms with van der Waals surface area (Å²) in [5.74, 6) is 0.558. The maximum absolute atomic E-state index is 10.4. The van der Waals surface area contributed by atoms with Crippen molar-refractivity contribution in [3.63, 3.8) is 0 Å². The zero-order valence-electron chi connectivity index (χ0n) is 5.19. The van der Waals surface area contributed by atoms with Crippen LogP contribution in [0.5, 0.6) is 0 Å². The molecule has 1 atom stereocenters. The number of carbonyl (C=O) groups is 1. The molecule has 0 heterocycles. The summed E-state index contributed by atoms with van der Waals surface area (Å²) in [4.78, 5) is 10.4. The Morgan fingerprint density at radius 2 is 1.45 bits per heavy atom. The summed E-state index contributed by atoms with van der Waals surface area (Å²) < 4.78 is 0. The van der Waals surface area contributed by atoms with E-state index in [0.29, 0.717) is 5.78 Å². The quantitative estimate of drug-likeness (QED) is 0.598. The van der Waals surface area contributed by atoms with E-state index in [1.807, 2.05) is 13.8 Å². The van der Waals surface area contributed by atoms with Crippen LogP contribution in [0.3, 0.4) is 0 Å². The lowest BCUT2D eigenvalue weighted by atomic mass is 10.1. The molecular formula is C10H28O. The molecule has 74 valence electrons. The molecule has 0 saturated heterocycles. The molecule has 0 aliphatic rings. The maximum Gasteiger partial charge on any atom is 0.132 e. The van der Waals surface area contributed by atoms with E-state index in [9.17, 15) is 4.79 Å². The Morgan fingerprint density at radius 3 is 1.45 bits per heavy atom.